The molecule has 0 saturated heterocycles. The Morgan fingerprint density at radius 1 is 1.10 bits per heavy atom. The molecule has 2 aromatic carbocycles. The summed E-state index contributed by atoms with van der Waals surface area (Å²) in [6.07, 6.45) is -0.454. The van der Waals surface area contributed by atoms with Crippen LogP contribution in [0.2, 0.25) is 0 Å². The molecule has 0 heterocycles. The van der Waals surface area contributed by atoms with Crippen LogP contribution in [0.4, 0.5) is 0 Å². The van der Waals surface area contributed by atoms with Crippen molar-refractivity contribution >= 4 is 0 Å². The first-order valence-corrected chi connectivity index (χ1v) is 6.64. The lowest BCUT2D eigenvalue weighted by atomic mass is 10.1. The molecule has 0 spiro atoms. The van der Waals surface area contributed by atoms with Crippen molar-refractivity contribution in [1.29, 1.82) is 0 Å². The molecule has 0 aliphatic rings. The van der Waals surface area contributed by atoms with E-state index in [0.29, 0.717) is 6.61 Å². The summed E-state index contributed by atoms with van der Waals surface area (Å²) in [6, 6.07) is 13.6. The normalized spacial score (nSPS) is 12.0. The van der Waals surface area contributed by atoms with Gasteiger partial charge in [0.05, 0.1) is 13.2 Å². The molecule has 3 nitrogen and oxygen atoms in total. The van der Waals surface area contributed by atoms with Gasteiger partial charge in [0.25, 0.3) is 0 Å². The van der Waals surface area contributed by atoms with Gasteiger partial charge in [0.15, 0.2) is 0 Å². The first-order chi connectivity index (χ1) is 9.60. The van der Waals surface area contributed by atoms with Crippen LogP contribution in [0.3, 0.4) is 0 Å². The Kier molecular flexibility index (Phi) is 4.64. The number of hydrogen-bond acceptors (Lipinski definition) is 3. The molecule has 1 unspecified atom stereocenters. The molecule has 2 aromatic rings. The van der Waals surface area contributed by atoms with Gasteiger partial charge in [-0.25, -0.2) is 0 Å². The quantitative estimate of drug-likeness (QED) is 0.903. The molecule has 0 bridgehead atoms. The summed E-state index contributed by atoms with van der Waals surface area (Å²) in [4.78, 5) is 0. The van der Waals surface area contributed by atoms with Gasteiger partial charge in [-0.15, -0.1) is 0 Å². The van der Waals surface area contributed by atoms with Crippen molar-refractivity contribution in [3.05, 3.63) is 59.2 Å². The summed E-state index contributed by atoms with van der Waals surface area (Å²) < 4.78 is 10.9. The van der Waals surface area contributed by atoms with Gasteiger partial charge in [-0.1, -0.05) is 18.2 Å². The van der Waals surface area contributed by atoms with Gasteiger partial charge in [0.1, 0.15) is 18.1 Å². The minimum atomic E-state index is -0.454. The number of ether oxygens (including phenoxy) is 2. The molecule has 106 valence electrons. The second kappa shape index (κ2) is 6.44. The van der Waals surface area contributed by atoms with Gasteiger partial charge in [0, 0.05) is 0 Å². The smallest absolute Gasteiger partial charge is 0.122 e. The zero-order valence-corrected chi connectivity index (χ0v) is 12.1. The fourth-order valence-corrected chi connectivity index (χ4v) is 1.98. The number of rotatable bonds is 5. The average Bonchev–Trinajstić information content (AvgIpc) is 2.46. The fraction of sp³-hybridized carbons (Fsp3) is 0.294. The molecule has 1 N–H and O–H groups in total. The van der Waals surface area contributed by atoms with Crippen LogP contribution in [0.15, 0.2) is 42.5 Å². The molecule has 1 atom stereocenters. The molecule has 0 aliphatic heterocycles. The first kappa shape index (κ1) is 14.4. The molecule has 0 radical (unpaired) electrons. The Morgan fingerprint density at radius 2 is 1.80 bits per heavy atom. The number of aliphatic hydroxyl groups is 1. The largest absolute Gasteiger partial charge is 0.497 e. The van der Waals surface area contributed by atoms with Gasteiger partial charge < -0.3 is 14.6 Å². The highest BCUT2D eigenvalue weighted by molar-refractivity contribution is 5.37. The van der Waals surface area contributed by atoms with Gasteiger partial charge >= 0.3 is 0 Å². The lowest BCUT2D eigenvalue weighted by molar-refractivity contribution is 0.199. The second-order valence-corrected chi connectivity index (χ2v) is 4.84. The van der Waals surface area contributed by atoms with Crippen molar-refractivity contribution < 1.29 is 14.6 Å². The predicted octanol–water partition coefficient (Wildman–Crippen LogP) is 3.64. The monoisotopic (exact) mass is 272 g/mol. The van der Waals surface area contributed by atoms with Crippen LogP contribution in [-0.4, -0.2) is 12.2 Å². The van der Waals surface area contributed by atoms with Crippen LogP contribution in [-0.2, 0) is 6.61 Å². The maximum atomic E-state index is 9.54. The first-order valence-electron chi connectivity index (χ1n) is 6.64. The van der Waals surface area contributed by atoms with Crippen LogP contribution in [0.1, 0.15) is 29.7 Å². The molecule has 0 aromatic heterocycles. The van der Waals surface area contributed by atoms with E-state index in [1.165, 1.54) is 0 Å². The minimum Gasteiger partial charge on any atom is -0.497 e. The van der Waals surface area contributed by atoms with Gasteiger partial charge in [-0.05, 0) is 54.8 Å². The van der Waals surface area contributed by atoms with E-state index in [2.05, 4.69) is 0 Å². The molecule has 3 heteroatoms. The van der Waals surface area contributed by atoms with Crippen LogP contribution in [0.5, 0.6) is 11.5 Å². The summed E-state index contributed by atoms with van der Waals surface area (Å²) in [7, 11) is 1.65. The van der Waals surface area contributed by atoms with E-state index in [9.17, 15) is 5.11 Å². The van der Waals surface area contributed by atoms with Crippen molar-refractivity contribution in [2.24, 2.45) is 0 Å². The van der Waals surface area contributed by atoms with E-state index in [0.717, 1.165) is 28.2 Å². The highest BCUT2D eigenvalue weighted by Gasteiger charge is 2.05. The number of hydrogen-bond donors (Lipinski definition) is 1. The Bertz CT molecular complexity index is 559. The third kappa shape index (κ3) is 3.52. The SMILES string of the molecule is COc1ccc(COc2ccc(C(C)O)cc2C)cc1. The van der Waals surface area contributed by atoms with Crippen LogP contribution in [0, 0.1) is 6.92 Å². The molecule has 2 rings (SSSR count). The van der Waals surface area contributed by atoms with Crippen molar-refractivity contribution in [1.82, 2.24) is 0 Å². The maximum absolute atomic E-state index is 9.54. The number of aryl methyl sites for hydroxylation is 1. The molecular formula is C17H20O3. The fourth-order valence-electron chi connectivity index (χ4n) is 1.98. The Balaban J connectivity index is 2.03. The van der Waals surface area contributed by atoms with Crippen molar-refractivity contribution in [2.45, 2.75) is 26.6 Å². The Labute approximate surface area is 119 Å². The van der Waals surface area contributed by atoms with E-state index in [1.807, 2.05) is 49.4 Å². The lowest BCUT2D eigenvalue weighted by Crippen LogP contribution is -1.99. The van der Waals surface area contributed by atoms with E-state index >= 15 is 0 Å². The zero-order chi connectivity index (χ0) is 14.5. The Morgan fingerprint density at radius 3 is 2.35 bits per heavy atom. The van der Waals surface area contributed by atoms with Gasteiger partial charge in [-0.2, -0.15) is 0 Å². The van der Waals surface area contributed by atoms with Crippen molar-refractivity contribution in [3.63, 3.8) is 0 Å². The summed E-state index contributed by atoms with van der Waals surface area (Å²) in [5, 5.41) is 9.54. The summed E-state index contributed by atoms with van der Waals surface area (Å²) >= 11 is 0. The van der Waals surface area contributed by atoms with Crippen LogP contribution >= 0.6 is 0 Å². The lowest BCUT2D eigenvalue weighted by Gasteiger charge is -2.12. The van der Waals surface area contributed by atoms with Gasteiger partial charge in [0.2, 0.25) is 0 Å². The molecule has 0 aliphatic carbocycles. The zero-order valence-electron chi connectivity index (χ0n) is 12.1. The summed E-state index contributed by atoms with van der Waals surface area (Å²) in [6.45, 7) is 4.25. The van der Waals surface area contributed by atoms with E-state index in [1.54, 1.807) is 14.0 Å². The molecular weight excluding hydrogens is 252 g/mol. The second-order valence-electron chi connectivity index (χ2n) is 4.84. The summed E-state index contributed by atoms with van der Waals surface area (Å²) in [5.74, 6) is 1.68. The number of benzene rings is 2. The third-order valence-electron chi connectivity index (χ3n) is 3.23. The third-order valence-corrected chi connectivity index (χ3v) is 3.23. The molecule has 0 fully saturated rings. The van der Waals surface area contributed by atoms with Crippen molar-refractivity contribution in [3.8, 4) is 11.5 Å². The topological polar surface area (TPSA) is 38.7 Å². The van der Waals surface area contributed by atoms with Crippen LogP contribution in [0.25, 0.3) is 0 Å². The van der Waals surface area contributed by atoms with E-state index < -0.39 is 6.10 Å². The molecule has 0 saturated carbocycles. The average molecular weight is 272 g/mol. The minimum absolute atomic E-state index is 0.454. The molecule has 20 heavy (non-hydrogen) atoms. The predicted molar refractivity (Wildman–Crippen MR) is 79.1 cm³/mol. The van der Waals surface area contributed by atoms with Gasteiger partial charge in [-0.3, -0.25) is 0 Å². The van der Waals surface area contributed by atoms with Crippen molar-refractivity contribution in [2.75, 3.05) is 7.11 Å². The molecule has 0 amide bonds. The number of methoxy groups -OCH3 is 1. The van der Waals surface area contributed by atoms with E-state index in [4.69, 9.17) is 9.47 Å². The van der Waals surface area contributed by atoms with E-state index in [-0.39, 0.29) is 0 Å². The highest BCUT2D eigenvalue weighted by Crippen LogP contribution is 2.23. The standard InChI is InChI=1S/C17H20O3/c1-12-10-15(13(2)18)6-9-17(12)20-11-14-4-7-16(19-3)8-5-14/h4-10,13,18H,11H2,1-3H3. The highest BCUT2D eigenvalue weighted by atomic mass is 16.5. The van der Waals surface area contributed by atoms with Crippen LogP contribution < -0.4 is 9.47 Å². The Hall–Kier alpha value is -2.00. The maximum Gasteiger partial charge on any atom is 0.122 e. The number of aliphatic hydroxyl groups excluding tert-OH is 1. The summed E-state index contributed by atoms with van der Waals surface area (Å²) in [5.41, 5.74) is 3.01.